The SMILES string of the molecule is COc1ccc2[nH]c(SCc3nccc4c3OCO4)nc2n1. The first-order chi connectivity index (χ1) is 10.8. The monoisotopic (exact) mass is 316 g/mol. The third kappa shape index (κ3) is 2.31. The van der Waals surface area contributed by atoms with Crippen molar-refractivity contribution >= 4 is 22.9 Å². The van der Waals surface area contributed by atoms with Gasteiger partial charge in [-0.3, -0.25) is 4.98 Å². The Morgan fingerprint density at radius 1 is 1.27 bits per heavy atom. The summed E-state index contributed by atoms with van der Waals surface area (Å²) >= 11 is 1.53. The quantitative estimate of drug-likeness (QED) is 0.740. The molecule has 0 radical (unpaired) electrons. The highest BCUT2D eigenvalue weighted by Crippen LogP contribution is 2.36. The molecule has 4 heterocycles. The summed E-state index contributed by atoms with van der Waals surface area (Å²) in [5.74, 6) is 2.62. The minimum Gasteiger partial charge on any atom is -0.481 e. The molecule has 0 saturated carbocycles. The number of rotatable bonds is 4. The molecule has 1 aliphatic heterocycles. The standard InChI is InChI=1S/C14H12N4O3S/c1-19-11-3-2-8-13(17-11)18-14(16-8)22-6-9-12-10(4-5-15-9)20-7-21-12/h2-5H,6-7H2,1H3,(H,16,17,18). The van der Waals surface area contributed by atoms with Crippen LogP contribution in [0.4, 0.5) is 0 Å². The number of fused-ring (bicyclic) bond motifs is 2. The second-order valence-corrected chi connectivity index (χ2v) is 5.51. The average molecular weight is 316 g/mol. The first-order valence-electron chi connectivity index (χ1n) is 6.60. The molecular formula is C14H12N4O3S. The van der Waals surface area contributed by atoms with E-state index in [4.69, 9.17) is 14.2 Å². The molecule has 1 N–H and O–H groups in total. The zero-order valence-electron chi connectivity index (χ0n) is 11.7. The summed E-state index contributed by atoms with van der Waals surface area (Å²) in [6, 6.07) is 5.49. The highest BCUT2D eigenvalue weighted by molar-refractivity contribution is 7.98. The fourth-order valence-electron chi connectivity index (χ4n) is 2.17. The number of ether oxygens (including phenoxy) is 3. The van der Waals surface area contributed by atoms with Crippen LogP contribution in [0.5, 0.6) is 17.4 Å². The van der Waals surface area contributed by atoms with E-state index in [2.05, 4.69) is 19.9 Å². The number of hydrogen-bond acceptors (Lipinski definition) is 7. The number of aromatic nitrogens is 4. The molecule has 0 aliphatic carbocycles. The average Bonchev–Trinajstić information content (AvgIpc) is 3.18. The lowest BCUT2D eigenvalue weighted by atomic mass is 10.3. The first-order valence-corrected chi connectivity index (χ1v) is 7.59. The molecule has 8 heteroatoms. The molecule has 3 aromatic heterocycles. The predicted molar refractivity (Wildman–Crippen MR) is 80.4 cm³/mol. The summed E-state index contributed by atoms with van der Waals surface area (Å²) in [4.78, 5) is 16.3. The largest absolute Gasteiger partial charge is 0.481 e. The van der Waals surface area contributed by atoms with Crippen LogP contribution in [0.2, 0.25) is 0 Å². The lowest BCUT2D eigenvalue weighted by Gasteiger charge is -2.02. The van der Waals surface area contributed by atoms with E-state index in [1.165, 1.54) is 11.8 Å². The van der Waals surface area contributed by atoms with Gasteiger partial charge in [0.15, 0.2) is 22.3 Å². The van der Waals surface area contributed by atoms with Crippen LogP contribution in [0, 0.1) is 0 Å². The Morgan fingerprint density at radius 3 is 3.14 bits per heavy atom. The smallest absolute Gasteiger partial charge is 0.231 e. The van der Waals surface area contributed by atoms with Crippen molar-refractivity contribution in [3.8, 4) is 17.4 Å². The molecule has 0 fully saturated rings. The molecule has 112 valence electrons. The Bertz CT molecular complexity index is 836. The lowest BCUT2D eigenvalue weighted by Crippen LogP contribution is -1.95. The highest BCUT2D eigenvalue weighted by atomic mass is 32.2. The third-order valence-corrected chi connectivity index (χ3v) is 4.10. The van der Waals surface area contributed by atoms with E-state index in [-0.39, 0.29) is 6.79 Å². The number of pyridine rings is 2. The van der Waals surface area contributed by atoms with Crippen molar-refractivity contribution in [3.63, 3.8) is 0 Å². The first kappa shape index (κ1) is 13.2. The van der Waals surface area contributed by atoms with Crippen molar-refractivity contribution in [1.29, 1.82) is 0 Å². The second-order valence-electron chi connectivity index (χ2n) is 4.55. The van der Waals surface area contributed by atoms with Gasteiger partial charge in [0, 0.05) is 24.1 Å². The Labute approximate surface area is 130 Å². The van der Waals surface area contributed by atoms with Crippen molar-refractivity contribution in [2.45, 2.75) is 10.9 Å². The molecule has 0 amide bonds. The predicted octanol–water partition coefficient (Wildman–Crippen LogP) is 2.38. The van der Waals surface area contributed by atoms with Crippen LogP contribution in [-0.4, -0.2) is 33.8 Å². The van der Waals surface area contributed by atoms with Crippen molar-refractivity contribution in [1.82, 2.24) is 19.9 Å². The van der Waals surface area contributed by atoms with Gasteiger partial charge in [0.25, 0.3) is 0 Å². The van der Waals surface area contributed by atoms with Crippen LogP contribution < -0.4 is 14.2 Å². The molecule has 0 aromatic carbocycles. The van der Waals surface area contributed by atoms with Gasteiger partial charge >= 0.3 is 0 Å². The summed E-state index contributed by atoms with van der Waals surface area (Å²) in [5, 5.41) is 0.772. The number of H-pyrrole nitrogens is 1. The maximum atomic E-state index is 5.45. The van der Waals surface area contributed by atoms with Crippen molar-refractivity contribution in [2.24, 2.45) is 0 Å². The van der Waals surface area contributed by atoms with Gasteiger partial charge in [-0.05, 0) is 6.07 Å². The van der Waals surface area contributed by atoms with E-state index in [1.807, 2.05) is 6.07 Å². The van der Waals surface area contributed by atoms with E-state index in [1.54, 1.807) is 25.4 Å². The van der Waals surface area contributed by atoms with Gasteiger partial charge in [-0.25, -0.2) is 4.98 Å². The van der Waals surface area contributed by atoms with Gasteiger partial charge in [-0.2, -0.15) is 4.98 Å². The molecule has 0 bridgehead atoms. The lowest BCUT2D eigenvalue weighted by molar-refractivity contribution is 0.173. The molecule has 0 unspecified atom stereocenters. The molecule has 4 rings (SSSR count). The number of hydrogen-bond donors (Lipinski definition) is 1. The number of aromatic amines is 1. The summed E-state index contributed by atoms with van der Waals surface area (Å²) in [7, 11) is 1.58. The molecule has 3 aromatic rings. The van der Waals surface area contributed by atoms with Gasteiger partial charge in [-0.15, -0.1) is 0 Å². The van der Waals surface area contributed by atoms with Crippen molar-refractivity contribution in [2.75, 3.05) is 13.9 Å². The van der Waals surface area contributed by atoms with E-state index >= 15 is 0 Å². The zero-order valence-corrected chi connectivity index (χ0v) is 12.5. The molecule has 7 nitrogen and oxygen atoms in total. The maximum absolute atomic E-state index is 5.45. The molecule has 0 atom stereocenters. The molecule has 0 spiro atoms. The van der Waals surface area contributed by atoms with Gasteiger partial charge in [0.05, 0.1) is 18.3 Å². The Morgan fingerprint density at radius 2 is 2.23 bits per heavy atom. The van der Waals surface area contributed by atoms with Crippen LogP contribution >= 0.6 is 11.8 Å². The maximum Gasteiger partial charge on any atom is 0.231 e. The number of thioether (sulfide) groups is 1. The van der Waals surface area contributed by atoms with Gasteiger partial charge in [0.2, 0.25) is 12.7 Å². The summed E-state index contributed by atoms with van der Waals surface area (Å²) in [5.41, 5.74) is 2.34. The Hall–Kier alpha value is -2.48. The summed E-state index contributed by atoms with van der Waals surface area (Å²) in [6.45, 7) is 0.243. The van der Waals surface area contributed by atoms with Gasteiger partial charge in [0.1, 0.15) is 0 Å². The minimum absolute atomic E-state index is 0.243. The highest BCUT2D eigenvalue weighted by Gasteiger charge is 2.19. The summed E-state index contributed by atoms with van der Waals surface area (Å²) < 4.78 is 15.9. The van der Waals surface area contributed by atoms with Crippen LogP contribution in [0.1, 0.15) is 5.69 Å². The Balaban J connectivity index is 1.56. The van der Waals surface area contributed by atoms with Crippen LogP contribution in [0.3, 0.4) is 0 Å². The fraction of sp³-hybridized carbons (Fsp3) is 0.214. The molecule has 0 saturated heterocycles. The van der Waals surface area contributed by atoms with E-state index in [0.717, 1.165) is 22.1 Å². The van der Waals surface area contributed by atoms with Crippen LogP contribution in [-0.2, 0) is 5.75 Å². The topological polar surface area (TPSA) is 82.2 Å². The number of methoxy groups -OCH3 is 1. The van der Waals surface area contributed by atoms with Crippen LogP contribution in [0.25, 0.3) is 11.2 Å². The van der Waals surface area contributed by atoms with E-state index in [0.29, 0.717) is 23.0 Å². The number of nitrogens with zero attached hydrogens (tertiary/aromatic N) is 3. The van der Waals surface area contributed by atoms with Crippen LogP contribution in [0.15, 0.2) is 29.6 Å². The number of imidazole rings is 1. The summed E-state index contributed by atoms with van der Waals surface area (Å²) in [6.07, 6.45) is 1.72. The second kappa shape index (κ2) is 5.38. The number of nitrogens with one attached hydrogen (secondary N) is 1. The molecule has 22 heavy (non-hydrogen) atoms. The fourth-order valence-corrected chi connectivity index (χ4v) is 2.98. The van der Waals surface area contributed by atoms with Gasteiger partial charge in [-0.1, -0.05) is 11.8 Å². The van der Waals surface area contributed by atoms with E-state index in [9.17, 15) is 0 Å². The minimum atomic E-state index is 0.243. The molecular weight excluding hydrogens is 304 g/mol. The Kier molecular flexibility index (Phi) is 3.23. The van der Waals surface area contributed by atoms with Crippen molar-refractivity contribution in [3.05, 3.63) is 30.1 Å². The van der Waals surface area contributed by atoms with Crippen molar-refractivity contribution < 1.29 is 14.2 Å². The van der Waals surface area contributed by atoms with E-state index < -0.39 is 0 Å². The third-order valence-electron chi connectivity index (χ3n) is 3.21. The zero-order chi connectivity index (χ0) is 14.9. The van der Waals surface area contributed by atoms with Gasteiger partial charge < -0.3 is 19.2 Å². The normalized spacial score (nSPS) is 12.8. The molecule has 1 aliphatic rings.